The summed E-state index contributed by atoms with van der Waals surface area (Å²) in [4.78, 5) is 146. The minimum absolute atomic E-state index is 0.0162. The number of carbonyl (C=O) groups is 11. The molecule has 0 aliphatic rings. The number of hydrogen-bond acceptors (Lipinski definition) is 18. The number of phenols is 2. The molecule has 3 aromatic rings. The number of aliphatic carboxylic acids is 1. The van der Waals surface area contributed by atoms with Crippen LogP contribution in [0.5, 0.6) is 11.5 Å². The van der Waals surface area contributed by atoms with Gasteiger partial charge < -0.3 is 90.0 Å². The highest BCUT2D eigenvalue weighted by molar-refractivity contribution is 7.98. The lowest BCUT2D eigenvalue weighted by Crippen LogP contribution is -2.63. The smallest absolute Gasteiger partial charge is 0.326 e. The van der Waals surface area contributed by atoms with Crippen molar-refractivity contribution in [3.63, 3.8) is 0 Å². The number of carbonyl (C=O) groups excluding carboxylic acids is 10. The molecule has 0 aromatic heterocycles. The van der Waals surface area contributed by atoms with Crippen molar-refractivity contribution >= 4 is 76.8 Å². The Morgan fingerprint density at radius 2 is 0.877 bits per heavy atom. The van der Waals surface area contributed by atoms with E-state index in [0.717, 1.165) is 6.92 Å². The molecule has 0 saturated carbocycles. The number of nitrogens with one attached hydrogen (secondary N) is 9. The third-order valence-electron chi connectivity index (χ3n) is 12.1. The fraction of sp³-hybridized carbons (Fsp3) is 0.442. The Morgan fingerprint density at radius 1 is 0.494 bits per heavy atom. The number of thioether (sulfide) groups is 1. The Labute approximate surface area is 469 Å². The molecule has 0 bridgehead atoms. The van der Waals surface area contributed by atoms with Crippen molar-refractivity contribution in [3.05, 3.63) is 95.6 Å². The number of benzene rings is 3. The largest absolute Gasteiger partial charge is 0.508 e. The molecule has 3 aromatic carbocycles. The van der Waals surface area contributed by atoms with Gasteiger partial charge in [0.15, 0.2) is 0 Å². The van der Waals surface area contributed by atoms with Gasteiger partial charge >= 0.3 is 5.97 Å². The van der Waals surface area contributed by atoms with Gasteiger partial charge in [-0.1, -0.05) is 54.6 Å². The summed E-state index contributed by atoms with van der Waals surface area (Å²) < 4.78 is 0. The zero-order chi connectivity index (χ0) is 60.5. The SMILES string of the molecule is CSCC[C@H](NC(=O)[C@H](C)NC(=O)[C@H](Cc1ccc(O)cc1)NC(=O)[C@H](CO)NC(=O)[C@@H](NC(=O)[C@H](Cc1ccccc1)NC(=O)[C@@H](NC(=O)[C@H](Cc1ccc(O)cc1)NC(=O)CN)[C@@H](C)O)[C@@H](C)O)C(=O)N[C@@H](CC(N)=O)C(=O)O. The van der Waals surface area contributed by atoms with Crippen LogP contribution in [0, 0.1) is 0 Å². The molecule has 0 unspecified atom stereocenters. The van der Waals surface area contributed by atoms with E-state index in [1.807, 2.05) is 0 Å². The Hall–Kier alpha value is -8.38. The molecule has 19 N–H and O–H groups in total. The van der Waals surface area contributed by atoms with E-state index in [1.165, 1.54) is 74.1 Å². The van der Waals surface area contributed by atoms with Crippen LogP contribution in [0.3, 0.4) is 0 Å². The van der Waals surface area contributed by atoms with Crippen molar-refractivity contribution in [1.29, 1.82) is 0 Å². The number of aliphatic hydroxyl groups is 3. The Bertz CT molecular complexity index is 2650. The monoisotopic (exact) mass is 1150 g/mol. The number of primary amides is 1. The molecule has 0 radical (unpaired) electrons. The lowest BCUT2D eigenvalue weighted by molar-refractivity contribution is -0.143. The number of phenolic OH excluding ortho intramolecular Hbond substituents is 2. The second-order valence-electron chi connectivity index (χ2n) is 18.7. The summed E-state index contributed by atoms with van der Waals surface area (Å²) in [5.74, 6) is -11.7. The number of aromatic hydroxyl groups is 2. The molecular formula is C52H71N11O17S. The number of carboxylic acid groups (broad SMARTS) is 1. The normalized spacial score (nSPS) is 15.1. The fourth-order valence-electron chi connectivity index (χ4n) is 7.63. The van der Waals surface area contributed by atoms with E-state index in [2.05, 4.69) is 47.9 Å². The van der Waals surface area contributed by atoms with Crippen LogP contribution < -0.4 is 59.3 Å². The van der Waals surface area contributed by atoms with Crippen molar-refractivity contribution in [2.24, 2.45) is 11.5 Å². The first kappa shape index (κ1) is 66.9. The molecule has 29 heteroatoms. The second kappa shape index (κ2) is 33.3. The van der Waals surface area contributed by atoms with Crippen LogP contribution >= 0.6 is 11.8 Å². The molecule has 11 atom stereocenters. The van der Waals surface area contributed by atoms with Gasteiger partial charge in [0.05, 0.1) is 31.8 Å². The first-order chi connectivity index (χ1) is 38.3. The summed E-state index contributed by atoms with van der Waals surface area (Å²) in [7, 11) is 0. The van der Waals surface area contributed by atoms with E-state index in [9.17, 15) is 83.4 Å². The van der Waals surface area contributed by atoms with E-state index in [1.54, 1.807) is 36.6 Å². The zero-order valence-corrected chi connectivity index (χ0v) is 45.6. The highest BCUT2D eigenvalue weighted by atomic mass is 32.2. The summed E-state index contributed by atoms with van der Waals surface area (Å²) in [6.07, 6.45) is -3.14. The first-order valence-corrected chi connectivity index (χ1v) is 26.7. The molecule has 0 spiro atoms. The molecule has 0 aliphatic carbocycles. The molecule has 0 aliphatic heterocycles. The Kier molecular flexibility index (Phi) is 27.5. The molecule has 81 heavy (non-hydrogen) atoms. The van der Waals surface area contributed by atoms with Crippen LogP contribution in [-0.2, 0) is 72.0 Å². The molecule has 0 heterocycles. The van der Waals surface area contributed by atoms with Gasteiger partial charge in [-0.2, -0.15) is 11.8 Å². The van der Waals surface area contributed by atoms with Crippen LogP contribution in [0.1, 0.15) is 50.3 Å². The first-order valence-electron chi connectivity index (χ1n) is 25.3. The van der Waals surface area contributed by atoms with Crippen molar-refractivity contribution in [2.45, 2.75) is 119 Å². The lowest BCUT2D eigenvalue weighted by Gasteiger charge is -2.29. The number of aliphatic hydroxyl groups excluding tert-OH is 3. The predicted octanol–water partition coefficient (Wildman–Crippen LogP) is -5.07. The predicted molar refractivity (Wildman–Crippen MR) is 291 cm³/mol. The molecular weight excluding hydrogens is 1080 g/mol. The van der Waals surface area contributed by atoms with Gasteiger partial charge in [0.25, 0.3) is 0 Å². The van der Waals surface area contributed by atoms with Crippen molar-refractivity contribution < 1.29 is 83.4 Å². The Morgan fingerprint density at radius 3 is 1.30 bits per heavy atom. The number of rotatable bonds is 33. The minimum atomic E-state index is -1.91. The second-order valence-corrected chi connectivity index (χ2v) is 19.7. The summed E-state index contributed by atoms with van der Waals surface area (Å²) in [6, 6.07) is 4.56. The fourth-order valence-corrected chi connectivity index (χ4v) is 8.10. The third kappa shape index (κ3) is 22.7. The highest BCUT2D eigenvalue weighted by Crippen LogP contribution is 2.15. The summed E-state index contributed by atoms with van der Waals surface area (Å²) >= 11 is 1.29. The van der Waals surface area contributed by atoms with E-state index >= 15 is 0 Å². The standard InChI is InChI=1S/C52H71N11O17S/c1-26(44(71)57-34(18-19-81-4)45(72)60-38(52(79)80)23-40(54)69)55-46(73)36(22-31-12-16-33(68)17-13-31)58-49(76)39(25-64)61-51(78)43(28(3)66)63-48(75)37(20-29-8-6-5-7-9-29)59-50(77)42(27(2)65)62-47(74)35(56-41(70)24-53)21-30-10-14-32(67)15-11-30/h5-17,26-28,34-39,42-43,64-68H,18-25,53H2,1-4H3,(H2,54,69)(H,55,73)(H,56,70)(H,57,71)(H,58,76)(H,59,77)(H,60,72)(H,61,78)(H,62,74)(H,63,75)(H,79,80)/t26-,27+,28+,34-,35-,36-,37-,38-,39-,42-,43-/m0/s1. The quantitative estimate of drug-likeness (QED) is 0.0271. The van der Waals surface area contributed by atoms with Crippen LogP contribution in [-0.4, -0.2) is 187 Å². The van der Waals surface area contributed by atoms with Gasteiger partial charge in [0, 0.05) is 19.3 Å². The number of nitrogens with two attached hydrogens (primary N) is 2. The van der Waals surface area contributed by atoms with E-state index in [4.69, 9.17) is 11.5 Å². The topological polar surface area (TPSA) is 469 Å². The average Bonchev–Trinajstić information content (AvgIpc) is 3.42. The number of hydrogen-bond donors (Lipinski definition) is 17. The molecule has 0 fully saturated rings. The lowest BCUT2D eigenvalue weighted by atomic mass is 10.0. The zero-order valence-electron chi connectivity index (χ0n) is 44.8. The van der Waals surface area contributed by atoms with E-state index in [-0.39, 0.29) is 37.2 Å². The molecule has 0 saturated heterocycles. The maximum absolute atomic E-state index is 14.2. The summed E-state index contributed by atoms with van der Waals surface area (Å²) in [6.45, 7) is 1.87. The maximum Gasteiger partial charge on any atom is 0.326 e. The maximum atomic E-state index is 14.2. The summed E-state index contributed by atoms with van der Waals surface area (Å²) in [5, 5.41) is 82.3. The Balaban J connectivity index is 1.84. The molecule has 442 valence electrons. The summed E-state index contributed by atoms with van der Waals surface area (Å²) in [5.41, 5.74) is 11.9. The van der Waals surface area contributed by atoms with Gasteiger partial charge in [0.1, 0.15) is 65.9 Å². The van der Waals surface area contributed by atoms with Gasteiger partial charge in [0.2, 0.25) is 59.1 Å². The van der Waals surface area contributed by atoms with Crippen molar-refractivity contribution in [2.75, 3.05) is 25.2 Å². The highest BCUT2D eigenvalue weighted by Gasteiger charge is 2.37. The van der Waals surface area contributed by atoms with Crippen molar-refractivity contribution in [3.8, 4) is 11.5 Å². The molecule has 28 nitrogen and oxygen atoms in total. The van der Waals surface area contributed by atoms with Gasteiger partial charge in [-0.3, -0.25) is 47.9 Å². The molecule has 10 amide bonds. The number of carboxylic acids is 1. The average molecular weight is 1150 g/mol. The van der Waals surface area contributed by atoms with Gasteiger partial charge in [-0.25, -0.2) is 4.79 Å². The van der Waals surface area contributed by atoms with Crippen molar-refractivity contribution in [1.82, 2.24) is 47.9 Å². The minimum Gasteiger partial charge on any atom is -0.508 e. The van der Waals surface area contributed by atoms with Gasteiger partial charge in [-0.15, -0.1) is 0 Å². The third-order valence-corrected chi connectivity index (χ3v) is 12.7. The van der Waals surface area contributed by atoms with Crippen LogP contribution in [0.15, 0.2) is 78.9 Å². The van der Waals surface area contributed by atoms with Gasteiger partial charge in [-0.05, 0) is 80.2 Å². The number of amides is 10. The van der Waals surface area contributed by atoms with Crippen LogP contribution in [0.25, 0.3) is 0 Å². The van der Waals surface area contributed by atoms with E-state index < -0.39 is 151 Å². The molecule has 3 rings (SSSR count). The van der Waals surface area contributed by atoms with Crippen LogP contribution in [0.4, 0.5) is 0 Å². The van der Waals surface area contributed by atoms with E-state index in [0.29, 0.717) is 22.4 Å². The van der Waals surface area contributed by atoms with Crippen LogP contribution in [0.2, 0.25) is 0 Å².